The number of nitrogens with one attached hydrogen (secondary N) is 1. The lowest BCUT2D eigenvalue weighted by atomic mass is 9.73. The molecule has 3 aliphatic rings. The summed E-state index contributed by atoms with van der Waals surface area (Å²) in [4.78, 5) is 15.0. The van der Waals surface area contributed by atoms with Gasteiger partial charge in [-0.2, -0.15) is 23.5 Å². The normalized spacial score (nSPS) is 24.3. The average Bonchev–Trinajstić information content (AvgIpc) is 3.41. The van der Waals surface area contributed by atoms with E-state index in [1.807, 2.05) is 0 Å². The molecule has 2 fully saturated rings. The van der Waals surface area contributed by atoms with Crippen LogP contribution in [-0.2, 0) is 16.4 Å². The van der Waals surface area contributed by atoms with Crippen molar-refractivity contribution in [3.8, 4) is 11.8 Å². The van der Waals surface area contributed by atoms with Gasteiger partial charge in [0.25, 0.3) is 0 Å². The van der Waals surface area contributed by atoms with Crippen LogP contribution in [0.25, 0.3) is 10.9 Å². The van der Waals surface area contributed by atoms with Crippen LogP contribution < -0.4 is 10.1 Å². The van der Waals surface area contributed by atoms with Crippen molar-refractivity contribution >= 4 is 22.5 Å². The summed E-state index contributed by atoms with van der Waals surface area (Å²) in [6.45, 7) is 3.60. The Labute approximate surface area is 223 Å². The Morgan fingerprint density at radius 3 is 2.64 bits per heavy atom. The monoisotopic (exact) mass is 539 g/mol. The minimum atomic E-state index is -4.59. The van der Waals surface area contributed by atoms with Crippen LogP contribution in [0.15, 0.2) is 36.5 Å². The van der Waals surface area contributed by atoms with Gasteiger partial charge in [0.2, 0.25) is 5.91 Å². The van der Waals surface area contributed by atoms with Crippen molar-refractivity contribution in [1.82, 2.24) is 14.7 Å². The summed E-state index contributed by atoms with van der Waals surface area (Å²) in [5, 5.41) is 26.8. The van der Waals surface area contributed by atoms with Gasteiger partial charge in [-0.15, -0.1) is 0 Å². The molecule has 1 aromatic heterocycles. The second-order valence-corrected chi connectivity index (χ2v) is 11.2. The van der Waals surface area contributed by atoms with Gasteiger partial charge in [-0.25, -0.2) is 0 Å². The topological polar surface area (TPSA) is 103 Å². The van der Waals surface area contributed by atoms with Gasteiger partial charge in [-0.1, -0.05) is 0 Å². The Kier molecular flexibility index (Phi) is 5.89. The number of carbonyl (C=O) groups excluding carboxylic acids is 1. The van der Waals surface area contributed by atoms with Crippen molar-refractivity contribution in [2.24, 2.45) is 0 Å². The maximum Gasteiger partial charge on any atom is 0.418 e. The molecule has 3 aromatic rings. The van der Waals surface area contributed by atoms with E-state index in [2.05, 4.69) is 21.4 Å². The summed E-state index contributed by atoms with van der Waals surface area (Å²) in [7, 11) is 0. The molecule has 1 aliphatic carbocycles. The number of aliphatic hydroxyl groups is 1. The fraction of sp³-hybridized carbons (Fsp3) is 0.464. The molecule has 6 rings (SSSR count). The third-order valence-electron chi connectivity index (χ3n) is 8.40. The molecule has 2 N–H and O–H groups in total. The van der Waals surface area contributed by atoms with Gasteiger partial charge >= 0.3 is 6.18 Å². The van der Waals surface area contributed by atoms with Crippen LogP contribution in [0.3, 0.4) is 0 Å². The molecule has 0 bridgehead atoms. The molecule has 0 unspecified atom stereocenters. The van der Waals surface area contributed by atoms with Gasteiger partial charge in [0.1, 0.15) is 12.4 Å². The number of hydrogen-bond donors (Lipinski definition) is 2. The number of benzene rings is 2. The molecule has 204 valence electrons. The second-order valence-electron chi connectivity index (χ2n) is 11.2. The molecular weight excluding hydrogens is 511 g/mol. The molecule has 1 saturated heterocycles. The van der Waals surface area contributed by atoms with Crippen molar-refractivity contribution in [3.63, 3.8) is 0 Å². The summed E-state index contributed by atoms with van der Waals surface area (Å²) in [5.74, 6) is 0.0686. The number of likely N-dealkylation sites (tertiary alicyclic amines) is 1. The minimum Gasteiger partial charge on any atom is -0.492 e. The molecule has 39 heavy (non-hydrogen) atoms. The van der Waals surface area contributed by atoms with Crippen LogP contribution in [0.2, 0.25) is 0 Å². The number of piperidine rings is 1. The number of rotatable bonds is 5. The number of hydrogen-bond acceptors (Lipinski definition) is 6. The third kappa shape index (κ3) is 4.41. The summed E-state index contributed by atoms with van der Waals surface area (Å²) in [6.07, 6.45) is -1.31. The Hall–Kier alpha value is -3.62. The highest BCUT2D eigenvalue weighted by Gasteiger charge is 2.48. The summed E-state index contributed by atoms with van der Waals surface area (Å²) in [6, 6.07) is 9.69. The molecule has 2 aliphatic heterocycles. The van der Waals surface area contributed by atoms with Crippen LogP contribution >= 0.6 is 0 Å². The van der Waals surface area contributed by atoms with Crippen molar-refractivity contribution in [2.75, 3.05) is 31.6 Å². The molecule has 8 nitrogen and oxygen atoms in total. The number of amides is 1. The number of fused-ring (bicyclic) bond motifs is 3. The average molecular weight is 540 g/mol. The molecule has 0 radical (unpaired) electrons. The van der Waals surface area contributed by atoms with Gasteiger partial charge in [-0.3, -0.25) is 14.4 Å². The predicted octanol–water partition coefficient (Wildman–Crippen LogP) is 4.38. The first-order valence-electron chi connectivity index (χ1n) is 13.0. The Bertz CT molecular complexity index is 1490. The first-order chi connectivity index (χ1) is 18.5. The quantitative estimate of drug-likeness (QED) is 0.499. The molecule has 3 heterocycles. The molecule has 2 aromatic carbocycles. The van der Waals surface area contributed by atoms with E-state index < -0.39 is 22.8 Å². The largest absolute Gasteiger partial charge is 0.492 e. The number of nitrogens with zero attached hydrogens (tertiary/aromatic N) is 4. The van der Waals surface area contributed by atoms with E-state index in [0.29, 0.717) is 56.3 Å². The first kappa shape index (κ1) is 25.6. The lowest BCUT2D eigenvalue weighted by Gasteiger charge is -2.41. The smallest absolute Gasteiger partial charge is 0.418 e. The molecule has 0 atom stereocenters. The maximum atomic E-state index is 14.0. The van der Waals surface area contributed by atoms with Crippen molar-refractivity contribution in [3.05, 3.63) is 53.2 Å². The fourth-order valence-corrected chi connectivity index (χ4v) is 6.30. The SMILES string of the molecule is CC1(O)CC(n2ncc3cc(OCCN4CCC5(CC4)C(=O)Nc4ccc(C#N)cc45)cc(C(F)(F)F)c32)C1. The maximum absolute atomic E-state index is 14.0. The highest BCUT2D eigenvalue weighted by molar-refractivity contribution is 6.06. The van der Waals surface area contributed by atoms with E-state index in [9.17, 15) is 28.3 Å². The second kappa shape index (κ2) is 8.96. The predicted molar refractivity (Wildman–Crippen MR) is 136 cm³/mol. The number of carbonyl (C=O) groups is 1. The molecular formula is C28H28F3N5O3. The van der Waals surface area contributed by atoms with Gasteiger partial charge in [0.05, 0.1) is 46.0 Å². The van der Waals surface area contributed by atoms with Crippen molar-refractivity contribution in [2.45, 2.75) is 55.8 Å². The number of halogens is 3. The van der Waals surface area contributed by atoms with Crippen LogP contribution in [0.4, 0.5) is 18.9 Å². The van der Waals surface area contributed by atoms with E-state index in [1.54, 1.807) is 31.2 Å². The Balaban J connectivity index is 1.13. The zero-order chi connectivity index (χ0) is 27.6. The number of aromatic nitrogens is 2. The van der Waals surface area contributed by atoms with Crippen molar-refractivity contribution < 1.29 is 27.8 Å². The van der Waals surface area contributed by atoms with Crippen LogP contribution in [0.5, 0.6) is 5.75 Å². The number of ether oxygens (including phenoxy) is 1. The zero-order valence-electron chi connectivity index (χ0n) is 21.4. The van der Waals surface area contributed by atoms with Crippen LogP contribution in [-0.4, -0.2) is 57.5 Å². The lowest BCUT2D eigenvalue weighted by molar-refractivity contribution is -0.136. The van der Waals surface area contributed by atoms with Gasteiger partial charge < -0.3 is 15.2 Å². The van der Waals surface area contributed by atoms with E-state index in [0.717, 1.165) is 17.3 Å². The summed E-state index contributed by atoms with van der Waals surface area (Å²) < 4.78 is 49.3. The highest BCUT2D eigenvalue weighted by Crippen LogP contribution is 2.46. The third-order valence-corrected chi connectivity index (χ3v) is 8.40. The highest BCUT2D eigenvalue weighted by atomic mass is 19.4. The van der Waals surface area contributed by atoms with Crippen molar-refractivity contribution in [1.29, 1.82) is 5.26 Å². The van der Waals surface area contributed by atoms with E-state index in [4.69, 9.17) is 4.74 Å². The van der Waals surface area contributed by atoms with Gasteiger partial charge in [0.15, 0.2) is 0 Å². The van der Waals surface area contributed by atoms with Gasteiger partial charge in [0, 0.05) is 17.6 Å². The molecule has 1 saturated carbocycles. The zero-order valence-corrected chi connectivity index (χ0v) is 21.4. The molecule has 1 amide bonds. The standard InChI is InChI=1S/C28H28F3N5O3/c1-26(38)13-19(14-26)36-24-18(16-33-36)11-20(12-22(24)28(29,30)31)39-9-8-35-6-4-27(5-7-35)21-10-17(15-32)2-3-23(21)34-25(27)37/h2-3,10-12,16,19,38H,4-9,13-14H2,1H3,(H,34,37). The number of anilines is 1. The number of alkyl halides is 3. The summed E-state index contributed by atoms with van der Waals surface area (Å²) in [5.41, 5.74) is -0.226. The molecule has 11 heteroatoms. The fourth-order valence-electron chi connectivity index (χ4n) is 6.30. The van der Waals surface area contributed by atoms with E-state index in [-0.39, 0.29) is 29.8 Å². The Morgan fingerprint density at radius 1 is 1.23 bits per heavy atom. The Morgan fingerprint density at radius 2 is 1.97 bits per heavy atom. The van der Waals surface area contributed by atoms with Crippen LogP contribution in [0.1, 0.15) is 55.3 Å². The lowest BCUT2D eigenvalue weighted by Crippen LogP contribution is -2.47. The first-order valence-corrected chi connectivity index (χ1v) is 13.0. The van der Waals surface area contributed by atoms with Crippen LogP contribution in [0, 0.1) is 11.3 Å². The van der Waals surface area contributed by atoms with E-state index >= 15 is 0 Å². The van der Waals surface area contributed by atoms with Gasteiger partial charge in [-0.05, 0) is 81.6 Å². The summed E-state index contributed by atoms with van der Waals surface area (Å²) >= 11 is 0. The molecule has 1 spiro atoms. The minimum absolute atomic E-state index is 0.00588. The van der Waals surface area contributed by atoms with E-state index in [1.165, 1.54) is 10.9 Å². The number of nitriles is 1.